The molecule has 2 aliphatic rings. The van der Waals surface area contributed by atoms with Crippen molar-refractivity contribution in [1.29, 1.82) is 0 Å². The fraction of sp³-hybridized carbons (Fsp3) is 0.613. The van der Waals surface area contributed by atoms with Crippen molar-refractivity contribution in [3.63, 3.8) is 0 Å². The summed E-state index contributed by atoms with van der Waals surface area (Å²) in [6.45, 7) is 2.28. The summed E-state index contributed by atoms with van der Waals surface area (Å²) in [6, 6.07) is 11.4. The van der Waals surface area contributed by atoms with Gasteiger partial charge in [-0.05, 0) is 78.8 Å². The standard InChI is InChI=1S/C31H41F5Si/c1-2-3-4-17-37-18-15-23(16-19-37)6-5-22-7-9-24(10-8-22)26-20-28(32)30(29(33)21-26)25-11-13-27(14-12-25)31(34,35)36/h11-14,20-24,37H,2-10,15-19H2,1H3. The zero-order valence-corrected chi connectivity index (χ0v) is 23.2. The average Bonchev–Trinajstić information content (AvgIpc) is 2.88. The van der Waals surface area contributed by atoms with Crippen LogP contribution in [0.3, 0.4) is 0 Å². The lowest BCUT2D eigenvalue weighted by molar-refractivity contribution is -0.137. The van der Waals surface area contributed by atoms with Gasteiger partial charge in [0.2, 0.25) is 0 Å². The summed E-state index contributed by atoms with van der Waals surface area (Å²) < 4.78 is 68.4. The largest absolute Gasteiger partial charge is 0.416 e. The normalized spacial score (nSPS) is 24.8. The fourth-order valence-electron chi connectivity index (χ4n) is 6.68. The molecular weight excluding hydrogens is 495 g/mol. The molecule has 0 aromatic heterocycles. The molecule has 6 heteroatoms. The van der Waals surface area contributed by atoms with E-state index < -0.39 is 32.2 Å². The van der Waals surface area contributed by atoms with Crippen LogP contribution in [0.15, 0.2) is 36.4 Å². The molecule has 37 heavy (non-hydrogen) atoms. The van der Waals surface area contributed by atoms with Crippen LogP contribution in [0.1, 0.15) is 94.6 Å². The summed E-state index contributed by atoms with van der Waals surface area (Å²) in [5, 5.41) is 0. The first-order valence-corrected chi connectivity index (χ1v) is 16.9. The molecule has 0 nitrogen and oxygen atoms in total. The molecule has 204 valence electrons. The Morgan fingerprint density at radius 1 is 0.784 bits per heavy atom. The van der Waals surface area contributed by atoms with Crippen molar-refractivity contribution < 1.29 is 22.0 Å². The Kier molecular flexibility index (Phi) is 9.88. The van der Waals surface area contributed by atoms with Crippen LogP contribution >= 0.6 is 0 Å². The van der Waals surface area contributed by atoms with Gasteiger partial charge in [-0.2, -0.15) is 13.2 Å². The summed E-state index contributed by atoms with van der Waals surface area (Å²) in [7, 11) is -0.447. The topological polar surface area (TPSA) is 0 Å². The maximum atomic E-state index is 14.9. The minimum Gasteiger partial charge on any atom is -0.206 e. The molecule has 0 N–H and O–H groups in total. The van der Waals surface area contributed by atoms with Crippen LogP contribution in [0.2, 0.25) is 18.1 Å². The van der Waals surface area contributed by atoms with E-state index in [0.29, 0.717) is 5.56 Å². The molecule has 0 radical (unpaired) electrons. The molecule has 1 heterocycles. The molecule has 1 aliphatic heterocycles. The highest BCUT2D eigenvalue weighted by Crippen LogP contribution is 2.41. The number of halogens is 5. The van der Waals surface area contributed by atoms with Gasteiger partial charge >= 0.3 is 6.18 Å². The predicted molar refractivity (Wildman–Crippen MR) is 145 cm³/mol. The highest BCUT2D eigenvalue weighted by Gasteiger charge is 2.31. The predicted octanol–water partition coefficient (Wildman–Crippen LogP) is 10.5. The van der Waals surface area contributed by atoms with E-state index in [1.165, 1.54) is 57.1 Å². The van der Waals surface area contributed by atoms with Crippen molar-refractivity contribution in [1.82, 2.24) is 0 Å². The van der Waals surface area contributed by atoms with Crippen molar-refractivity contribution in [3.8, 4) is 11.1 Å². The average molecular weight is 537 g/mol. The van der Waals surface area contributed by atoms with Crippen LogP contribution < -0.4 is 0 Å². The fourth-order valence-corrected chi connectivity index (χ4v) is 10.3. The summed E-state index contributed by atoms with van der Waals surface area (Å²) in [5.41, 5.74) is -0.289. The van der Waals surface area contributed by atoms with Crippen molar-refractivity contribution in [2.24, 2.45) is 11.8 Å². The summed E-state index contributed by atoms with van der Waals surface area (Å²) in [4.78, 5) is 0. The van der Waals surface area contributed by atoms with Gasteiger partial charge in [0.1, 0.15) is 11.6 Å². The van der Waals surface area contributed by atoms with Gasteiger partial charge in [-0.15, -0.1) is 0 Å². The molecule has 1 saturated carbocycles. The minimum atomic E-state index is -4.48. The molecule has 1 saturated heterocycles. The molecule has 2 aromatic carbocycles. The van der Waals surface area contributed by atoms with Gasteiger partial charge in [0.25, 0.3) is 0 Å². The Morgan fingerprint density at radius 2 is 1.35 bits per heavy atom. The molecule has 2 fully saturated rings. The van der Waals surface area contributed by atoms with E-state index in [2.05, 4.69) is 6.92 Å². The quantitative estimate of drug-likeness (QED) is 0.170. The first-order chi connectivity index (χ1) is 17.7. The Bertz CT molecular complexity index is 961. The van der Waals surface area contributed by atoms with E-state index in [1.54, 1.807) is 18.1 Å². The molecule has 2 aromatic rings. The maximum absolute atomic E-state index is 14.9. The zero-order chi connectivity index (χ0) is 26.4. The summed E-state index contributed by atoms with van der Waals surface area (Å²) in [6.07, 6.45) is 9.32. The Morgan fingerprint density at radius 3 is 1.89 bits per heavy atom. The molecule has 0 spiro atoms. The number of benzene rings is 2. The lowest BCUT2D eigenvalue weighted by Crippen LogP contribution is -2.22. The molecule has 0 bridgehead atoms. The van der Waals surface area contributed by atoms with Gasteiger partial charge in [-0.1, -0.05) is 82.1 Å². The smallest absolute Gasteiger partial charge is 0.206 e. The third-order valence-corrected chi connectivity index (χ3v) is 12.6. The van der Waals surface area contributed by atoms with Gasteiger partial charge in [0.15, 0.2) is 0 Å². The minimum absolute atomic E-state index is 0.121. The van der Waals surface area contributed by atoms with E-state index in [0.717, 1.165) is 61.8 Å². The maximum Gasteiger partial charge on any atom is 0.416 e. The number of unbranched alkanes of at least 4 members (excludes halogenated alkanes) is 2. The Balaban J connectivity index is 1.26. The number of hydrogen-bond acceptors (Lipinski definition) is 0. The summed E-state index contributed by atoms with van der Waals surface area (Å²) in [5.74, 6) is 0.369. The molecule has 4 rings (SSSR count). The van der Waals surface area contributed by atoms with E-state index >= 15 is 0 Å². The second-order valence-corrected chi connectivity index (χ2v) is 15.1. The van der Waals surface area contributed by atoms with Crippen LogP contribution in [0.4, 0.5) is 22.0 Å². The van der Waals surface area contributed by atoms with Crippen LogP contribution in [-0.4, -0.2) is 8.80 Å². The third kappa shape index (κ3) is 7.67. The van der Waals surface area contributed by atoms with Crippen LogP contribution in [0.5, 0.6) is 0 Å². The highest BCUT2D eigenvalue weighted by molar-refractivity contribution is 6.58. The number of hydrogen-bond donors (Lipinski definition) is 0. The molecule has 0 atom stereocenters. The van der Waals surface area contributed by atoms with Gasteiger partial charge in [0.05, 0.1) is 11.1 Å². The van der Waals surface area contributed by atoms with Crippen molar-refractivity contribution in [2.45, 2.75) is 108 Å². The molecule has 1 aliphatic carbocycles. The number of alkyl halides is 3. The first-order valence-electron chi connectivity index (χ1n) is 14.4. The second kappa shape index (κ2) is 12.9. The van der Waals surface area contributed by atoms with Crippen LogP contribution in [-0.2, 0) is 6.18 Å². The van der Waals surface area contributed by atoms with Gasteiger partial charge in [-0.3, -0.25) is 0 Å². The summed E-state index contributed by atoms with van der Waals surface area (Å²) >= 11 is 0. The van der Waals surface area contributed by atoms with Gasteiger partial charge in [0, 0.05) is 8.80 Å². The molecule has 0 amide bonds. The first kappa shape index (κ1) is 28.3. The lowest BCUT2D eigenvalue weighted by Gasteiger charge is -2.32. The Labute approximate surface area is 220 Å². The van der Waals surface area contributed by atoms with E-state index in [9.17, 15) is 22.0 Å². The third-order valence-electron chi connectivity index (χ3n) is 9.05. The Hall–Kier alpha value is -1.69. The van der Waals surface area contributed by atoms with Crippen molar-refractivity contribution in [3.05, 3.63) is 59.2 Å². The van der Waals surface area contributed by atoms with Gasteiger partial charge in [-0.25, -0.2) is 8.78 Å². The second-order valence-electron chi connectivity index (χ2n) is 11.6. The SMILES string of the molecule is CCCCC[SiH]1CCC(CCC2CCC(c3cc(F)c(-c4ccc(C(F)(F)F)cc4)c(F)c3)CC2)CC1. The number of rotatable bonds is 9. The van der Waals surface area contributed by atoms with E-state index in [4.69, 9.17) is 0 Å². The highest BCUT2D eigenvalue weighted by atomic mass is 28.3. The monoisotopic (exact) mass is 536 g/mol. The van der Waals surface area contributed by atoms with Crippen LogP contribution in [0, 0.1) is 23.5 Å². The van der Waals surface area contributed by atoms with E-state index in [-0.39, 0.29) is 17.0 Å². The van der Waals surface area contributed by atoms with Crippen molar-refractivity contribution >= 4 is 8.80 Å². The van der Waals surface area contributed by atoms with Crippen LogP contribution in [0.25, 0.3) is 11.1 Å². The van der Waals surface area contributed by atoms with E-state index in [1.807, 2.05) is 0 Å². The van der Waals surface area contributed by atoms with Gasteiger partial charge < -0.3 is 0 Å². The molecule has 0 unspecified atom stereocenters. The zero-order valence-electron chi connectivity index (χ0n) is 22.1. The lowest BCUT2D eigenvalue weighted by atomic mass is 9.76. The molecular formula is C31H41F5Si. The van der Waals surface area contributed by atoms with Crippen molar-refractivity contribution in [2.75, 3.05) is 0 Å².